The molecule has 2 rings (SSSR count). The molecule has 1 aromatic rings. The van der Waals surface area contributed by atoms with E-state index >= 15 is 0 Å². The number of hydrogen-bond acceptors (Lipinski definition) is 5. The van der Waals surface area contributed by atoms with Gasteiger partial charge in [-0.2, -0.15) is 0 Å². The number of hydrogen-bond donors (Lipinski definition) is 2. The number of nitrogens with two attached hydrogens (primary N) is 1. The fraction of sp³-hybridized carbons (Fsp3) is 0.680. The molecule has 1 aromatic carbocycles. The summed E-state index contributed by atoms with van der Waals surface area (Å²) in [5.74, 6) is -0.814. The average molecular weight is 481 g/mol. The molecule has 1 aliphatic rings. The smallest absolute Gasteiger partial charge is 0.238 e. The number of nitrogens with one attached hydrogen (secondary N) is 1. The first-order chi connectivity index (χ1) is 15.8. The molecule has 1 fully saturated rings. The Bertz CT molecular complexity index is 870. The van der Waals surface area contributed by atoms with E-state index in [0.717, 1.165) is 32.1 Å². The quantitative estimate of drug-likeness (QED) is 0.260. The van der Waals surface area contributed by atoms with Crippen molar-refractivity contribution < 1.29 is 22.7 Å². The number of benzene rings is 1. The molecule has 0 radical (unpaired) electrons. The summed E-state index contributed by atoms with van der Waals surface area (Å²) in [5, 5.41) is 7.96. The van der Waals surface area contributed by atoms with E-state index in [0.29, 0.717) is 25.2 Å². The Labute approximate surface area is 198 Å². The molecule has 1 unspecified atom stereocenters. The number of rotatable bonds is 15. The SMILES string of the molecule is CCCCCCCCCCCCOc1ccc(S(N)(=O)=O)cc1NC(=O)C1CCCCC1=O. The van der Waals surface area contributed by atoms with E-state index in [-0.39, 0.29) is 16.4 Å². The molecule has 8 heteroatoms. The zero-order valence-electron chi connectivity index (χ0n) is 19.9. The van der Waals surface area contributed by atoms with E-state index in [9.17, 15) is 18.0 Å². The molecule has 0 aromatic heterocycles. The molecule has 1 saturated carbocycles. The van der Waals surface area contributed by atoms with Gasteiger partial charge in [0.05, 0.1) is 23.1 Å². The Morgan fingerprint density at radius 3 is 2.27 bits per heavy atom. The van der Waals surface area contributed by atoms with E-state index in [1.807, 2.05) is 0 Å². The predicted molar refractivity (Wildman–Crippen MR) is 131 cm³/mol. The molecule has 186 valence electrons. The molecule has 33 heavy (non-hydrogen) atoms. The van der Waals surface area contributed by atoms with E-state index < -0.39 is 21.8 Å². The molecule has 3 N–H and O–H groups in total. The standard InChI is InChI=1S/C25H40N2O5S/c1-2-3-4-5-6-7-8-9-10-13-18-32-24-17-16-20(33(26,30)31)19-22(24)27-25(29)21-14-11-12-15-23(21)28/h16-17,19,21H,2-15,18H2,1H3,(H,27,29)(H2,26,30,31). The van der Waals surface area contributed by atoms with Gasteiger partial charge >= 0.3 is 0 Å². The fourth-order valence-corrected chi connectivity index (χ4v) is 4.70. The Hall–Kier alpha value is -1.93. The van der Waals surface area contributed by atoms with Crippen LogP contribution in [-0.4, -0.2) is 26.7 Å². The van der Waals surface area contributed by atoms with Gasteiger partial charge in [-0.3, -0.25) is 9.59 Å². The van der Waals surface area contributed by atoms with Gasteiger partial charge in [-0.15, -0.1) is 0 Å². The summed E-state index contributed by atoms with van der Waals surface area (Å²) in [6.07, 6.45) is 14.7. The maximum absolute atomic E-state index is 12.7. The maximum Gasteiger partial charge on any atom is 0.238 e. The van der Waals surface area contributed by atoms with E-state index in [2.05, 4.69) is 12.2 Å². The number of sulfonamides is 1. The van der Waals surface area contributed by atoms with Crippen LogP contribution in [0.5, 0.6) is 5.75 Å². The summed E-state index contributed by atoms with van der Waals surface area (Å²) < 4.78 is 29.4. The zero-order valence-corrected chi connectivity index (χ0v) is 20.8. The van der Waals surface area contributed by atoms with Crippen LogP contribution in [-0.2, 0) is 19.6 Å². The molecular formula is C25H40N2O5S. The fourth-order valence-electron chi connectivity index (χ4n) is 4.16. The van der Waals surface area contributed by atoms with Crippen molar-refractivity contribution in [2.75, 3.05) is 11.9 Å². The number of carbonyl (C=O) groups excluding carboxylic acids is 2. The lowest BCUT2D eigenvalue weighted by Crippen LogP contribution is -2.32. The van der Waals surface area contributed by atoms with E-state index in [4.69, 9.17) is 9.88 Å². The molecule has 0 bridgehead atoms. The Balaban J connectivity index is 1.85. The molecule has 1 atom stereocenters. The summed E-state index contributed by atoms with van der Waals surface area (Å²) in [5.41, 5.74) is 0.233. The van der Waals surface area contributed by atoms with Crippen LogP contribution in [0.2, 0.25) is 0 Å². The van der Waals surface area contributed by atoms with Gasteiger partial charge < -0.3 is 10.1 Å². The lowest BCUT2D eigenvalue weighted by atomic mass is 9.87. The lowest BCUT2D eigenvalue weighted by Gasteiger charge is -2.21. The van der Waals surface area contributed by atoms with Crippen LogP contribution in [0.15, 0.2) is 23.1 Å². The summed E-state index contributed by atoms with van der Waals surface area (Å²) in [7, 11) is -3.93. The molecular weight excluding hydrogens is 440 g/mol. The van der Waals surface area contributed by atoms with Crippen molar-refractivity contribution in [1.82, 2.24) is 0 Å². The van der Waals surface area contributed by atoms with Crippen molar-refractivity contribution in [3.63, 3.8) is 0 Å². The van der Waals surface area contributed by atoms with Gasteiger partial charge in [-0.05, 0) is 37.5 Å². The Morgan fingerprint density at radius 1 is 1.03 bits per heavy atom. The summed E-state index contributed by atoms with van der Waals surface area (Å²) in [4.78, 5) is 24.7. The topological polar surface area (TPSA) is 116 Å². The van der Waals surface area contributed by atoms with Gasteiger partial charge in [0, 0.05) is 6.42 Å². The first-order valence-electron chi connectivity index (χ1n) is 12.5. The van der Waals surface area contributed by atoms with Crippen LogP contribution in [0, 0.1) is 5.92 Å². The van der Waals surface area contributed by atoms with Crippen LogP contribution >= 0.6 is 0 Å². The van der Waals surface area contributed by atoms with Crippen molar-refractivity contribution in [1.29, 1.82) is 0 Å². The Kier molecular flexibility index (Phi) is 11.9. The number of amides is 1. The summed E-state index contributed by atoms with van der Waals surface area (Å²) in [6, 6.07) is 4.17. The zero-order chi connectivity index (χ0) is 24.1. The summed E-state index contributed by atoms with van der Waals surface area (Å²) >= 11 is 0. The minimum Gasteiger partial charge on any atom is -0.491 e. The van der Waals surface area contributed by atoms with Crippen LogP contribution < -0.4 is 15.2 Å². The minimum absolute atomic E-state index is 0.0748. The molecule has 1 aliphatic carbocycles. The van der Waals surface area contributed by atoms with Gasteiger partial charge in [0.25, 0.3) is 0 Å². The third-order valence-corrected chi connectivity index (χ3v) is 7.08. The highest BCUT2D eigenvalue weighted by molar-refractivity contribution is 7.89. The lowest BCUT2D eigenvalue weighted by molar-refractivity contribution is -0.132. The van der Waals surface area contributed by atoms with Gasteiger partial charge in [-0.25, -0.2) is 13.6 Å². The number of anilines is 1. The van der Waals surface area contributed by atoms with Gasteiger partial charge in [0.1, 0.15) is 11.5 Å². The predicted octanol–water partition coefficient (Wildman–Crippen LogP) is 5.33. The second-order valence-electron chi connectivity index (χ2n) is 8.99. The normalized spacial score (nSPS) is 16.5. The highest BCUT2D eigenvalue weighted by Crippen LogP contribution is 2.30. The highest BCUT2D eigenvalue weighted by Gasteiger charge is 2.29. The summed E-state index contributed by atoms with van der Waals surface area (Å²) in [6.45, 7) is 2.70. The van der Waals surface area contributed by atoms with Crippen molar-refractivity contribution in [2.45, 2.75) is 102 Å². The number of carbonyl (C=O) groups is 2. The largest absolute Gasteiger partial charge is 0.491 e. The van der Waals surface area contributed by atoms with Gasteiger partial charge in [0.15, 0.2) is 0 Å². The van der Waals surface area contributed by atoms with Crippen LogP contribution in [0.4, 0.5) is 5.69 Å². The second-order valence-corrected chi connectivity index (χ2v) is 10.5. The number of ketones is 1. The van der Waals surface area contributed by atoms with Crippen LogP contribution in [0.25, 0.3) is 0 Å². The van der Waals surface area contributed by atoms with Crippen LogP contribution in [0.3, 0.4) is 0 Å². The Morgan fingerprint density at radius 2 is 1.67 bits per heavy atom. The van der Waals surface area contributed by atoms with E-state index in [1.54, 1.807) is 0 Å². The van der Waals surface area contributed by atoms with Crippen molar-refractivity contribution in [3.05, 3.63) is 18.2 Å². The molecule has 0 heterocycles. The number of primary sulfonamides is 1. The monoisotopic (exact) mass is 480 g/mol. The number of unbranched alkanes of at least 4 members (excludes halogenated alkanes) is 9. The average Bonchev–Trinajstić information content (AvgIpc) is 2.77. The molecule has 0 spiro atoms. The molecule has 0 saturated heterocycles. The van der Waals surface area contributed by atoms with E-state index in [1.165, 1.54) is 63.1 Å². The number of ether oxygens (including phenoxy) is 1. The van der Waals surface area contributed by atoms with Crippen molar-refractivity contribution in [2.24, 2.45) is 11.1 Å². The second kappa shape index (κ2) is 14.4. The highest BCUT2D eigenvalue weighted by atomic mass is 32.2. The number of Topliss-reactive ketones (excluding diaryl/α,β-unsaturated/α-hetero) is 1. The first-order valence-corrected chi connectivity index (χ1v) is 14.0. The molecule has 1 amide bonds. The van der Waals surface area contributed by atoms with Crippen molar-refractivity contribution in [3.8, 4) is 5.75 Å². The third-order valence-electron chi connectivity index (χ3n) is 6.16. The minimum atomic E-state index is -3.93. The van der Waals surface area contributed by atoms with Gasteiger partial charge in [-0.1, -0.05) is 71.1 Å². The van der Waals surface area contributed by atoms with Crippen LogP contribution in [0.1, 0.15) is 96.8 Å². The maximum atomic E-state index is 12.7. The third kappa shape index (κ3) is 9.84. The molecule has 0 aliphatic heterocycles. The first kappa shape index (κ1) is 27.3. The van der Waals surface area contributed by atoms with Crippen molar-refractivity contribution >= 4 is 27.4 Å². The van der Waals surface area contributed by atoms with Gasteiger partial charge in [0.2, 0.25) is 15.9 Å². The molecule has 7 nitrogen and oxygen atoms in total.